The number of aromatic nitrogens is 1. The van der Waals surface area contributed by atoms with Crippen molar-refractivity contribution in [1.82, 2.24) is 9.88 Å². The van der Waals surface area contributed by atoms with Crippen LogP contribution in [0.15, 0.2) is 78.8 Å². The standard InChI is InChI=1S/C23H18FN3O2/c1-15-5-7-17(8-6-15)20-21(26-19-4-2-3-18(24)13-19)23(29)27(22(20)28)14-16-9-11-25-12-10-16/h2-13,26H,14H2,1H3. The number of hydrogen-bond acceptors (Lipinski definition) is 4. The lowest BCUT2D eigenvalue weighted by Gasteiger charge is -2.15. The zero-order chi connectivity index (χ0) is 20.4. The summed E-state index contributed by atoms with van der Waals surface area (Å²) >= 11 is 0. The van der Waals surface area contributed by atoms with Gasteiger partial charge in [-0.1, -0.05) is 35.9 Å². The number of carbonyl (C=O) groups excluding carboxylic acids is 2. The van der Waals surface area contributed by atoms with Crippen LogP contribution in [0.3, 0.4) is 0 Å². The van der Waals surface area contributed by atoms with Gasteiger partial charge < -0.3 is 5.32 Å². The average Bonchev–Trinajstić information content (AvgIpc) is 2.94. The number of amides is 2. The summed E-state index contributed by atoms with van der Waals surface area (Å²) in [4.78, 5) is 31.5. The summed E-state index contributed by atoms with van der Waals surface area (Å²) in [5.41, 5.74) is 3.27. The van der Waals surface area contributed by atoms with Crippen molar-refractivity contribution in [1.29, 1.82) is 0 Å². The Labute approximate surface area is 167 Å². The highest BCUT2D eigenvalue weighted by molar-refractivity contribution is 6.36. The number of anilines is 1. The first kappa shape index (κ1) is 18.6. The molecule has 29 heavy (non-hydrogen) atoms. The zero-order valence-electron chi connectivity index (χ0n) is 15.7. The van der Waals surface area contributed by atoms with Crippen LogP contribution >= 0.6 is 0 Å². The molecule has 4 rings (SSSR count). The highest BCUT2D eigenvalue weighted by atomic mass is 19.1. The molecule has 144 valence electrons. The van der Waals surface area contributed by atoms with Gasteiger partial charge in [-0.15, -0.1) is 0 Å². The number of carbonyl (C=O) groups is 2. The molecule has 0 atom stereocenters. The van der Waals surface area contributed by atoms with Crippen LogP contribution in [-0.4, -0.2) is 21.7 Å². The number of benzene rings is 2. The van der Waals surface area contributed by atoms with E-state index in [2.05, 4.69) is 10.3 Å². The van der Waals surface area contributed by atoms with Crippen molar-refractivity contribution < 1.29 is 14.0 Å². The summed E-state index contributed by atoms with van der Waals surface area (Å²) < 4.78 is 13.6. The molecule has 0 radical (unpaired) electrons. The van der Waals surface area contributed by atoms with Crippen molar-refractivity contribution in [2.75, 3.05) is 5.32 Å². The SMILES string of the molecule is Cc1ccc(C2=C(Nc3cccc(F)c3)C(=O)N(Cc3ccncc3)C2=O)cc1. The minimum atomic E-state index is -0.452. The summed E-state index contributed by atoms with van der Waals surface area (Å²) in [5, 5.41) is 2.96. The van der Waals surface area contributed by atoms with Gasteiger partial charge in [0.25, 0.3) is 11.8 Å². The van der Waals surface area contributed by atoms with Crippen LogP contribution in [0.25, 0.3) is 5.57 Å². The van der Waals surface area contributed by atoms with Gasteiger partial charge in [0.05, 0.1) is 12.1 Å². The molecule has 1 N–H and O–H groups in total. The highest BCUT2D eigenvalue weighted by Gasteiger charge is 2.39. The fourth-order valence-corrected chi connectivity index (χ4v) is 3.20. The van der Waals surface area contributed by atoms with E-state index in [0.29, 0.717) is 11.3 Å². The van der Waals surface area contributed by atoms with E-state index in [9.17, 15) is 14.0 Å². The lowest BCUT2D eigenvalue weighted by atomic mass is 10.0. The Bertz CT molecular complexity index is 1110. The molecule has 3 aromatic rings. The third-order valence-corrected chi connectivity index (χ3v) is 4.69. The second-order valence-corrected chi connectivity index (χ2v) is 6.80. The molecular formula is C23H18FN3O2. The lowest BCUT2D eigenvalue weighted by molar-refractivity contribution is -0.137. The van der Waals surface area contributed by atoms with Gasteiger partial charge >= 0.3 is 0 Å². The molecule has 1 aromatic heterocycles. The number of aryl methyl sites for hydroxylation is 1. The first-order chi connectivity index (χ1) is 14.0. The van der Waals surface area contributed by atoms with Crippen LogP contribution in [0.5, 0.6) is 0 Å². The fourth-order valence-electron chi connectivity index (χ4n) is 3.20. The van der Waals surface area contributed by atoms with Gasteiger partial charge in [-0.2, -0.15) is 0 Å². The molecule has 6 heteroatoms. The topological polar surface area (TPSA) is 62.3 Å². The maximum atomic E-state index is 13.6. The third-order valence-electron chi connectivity index (χ3n) is 4.69. The van der Waals surface area contributed by atoms with E-state index < -0.39 is 17.6 Å². The van der Waals surface area contributed by atoms with E-state index in [1.165, 1.54) is 17.0 Å². The Morgan fingerprint density at radius 2 is 1.69 bits per heavy atom. The minimum absolute atomic E-state index is 0.129. The maximum Gasteiger partial charge on any atom is 0.278 e. The molecule has 2 heterocycles. The molecule has 0 bridgehead atoms. The molecule has 0 spiro atoms. The lowest BCUT2D eigenvalue weighted by Crippen LogP contribution is -2.32. The number of nitrogens with zero attached hydrogens (tertiary/aromatic N) is 2. The number of pyridine rings is 1. The van der Waals surface area contributed by atoms with Crippen molar-refractivity contribution in [3.63, 3.8) is 0 Å². The smallest absolute Gasteiger partial charge is 0.278 e. The van der Waals surface area contributed by atoms with Crippen molar-refractivity contribution in [2.24, 2.45) is 0 Å². The summed E-state index contributed by atoms with van der Waals surface area (Å²) in [6.45, 7) is 2.07. The van der Waals surface area contributed by atoms with Crippen molar-refractivity contribution >= 4 is 23.1 Å². The van der Waals surface area contributed by atoms with Gasteiger partial charge in [0, 0.05) is 18.1 Å². The summed E-state index contributed by atoms with van der Waals surface area (Å²) in [6, 6.07) is 16.7. The molecule has 0 unspecified atom stereocenters. The monoisotopic (exact) mass is 387 g/mol. The Morgan fingerprint density at radius 3 is 2.38 bits per heavy atom. The largest absolute Gasteiger partial charge is 0.350 e. The number of rotatable bonds is 5. The van der Waals surface area contributed by atoms with Gasteiger partial charge in [0.2, 0.25) is 0 Å². The van der Waals surface area contributed by atoms with Crippen LogP contribution in [0, 0.1) is 12.7 Å². The Morgan fingerprint density at radius 1 is 0.966 bits per heavy atom. The second-order valence-electron chi connectivity index (χ2n) is 6.80. The van der Waals surface area contributed by atoms with Gasteiger partial charge in [-0.3, -0.25) is 19.5 Å². The molecule has 0 aliphatic carbocycles. The van der Waals surface area contributed by atoms with Crippen LogP contribution < -0.4 is 5.32 Å². The third kappa shape index (κ3) is 3.78. The number of halogens is 1. The van der Waals surface area contributed by atoms with Gasteiger partial charge in [-0.25, -0.2) is 4.39 Å². The van der Waals surface area contributed by atoms with Crippen molar-refractivity contribution in [3.8, 4) is 0 Å². The van der Waals surface area contributed by atoms with Crippen LogP contribution in [0.1, 0.15) is 16.7 Å². The molecule has 2 amide bonds. The normalized spacial score (nSPS) is 13.9. The van der Waals surface area contributed by atoms with Gasteiger partial charge in [0.15, 0.2) is 0 Å². The van der Waals surface area contributed by atoms with Crippen LogP contribution in [0.2, 0.25) is 0 Å². The maximum absolute atomic E-state index is 13.6. The second kappa shape index (κ2) is 7.67. The first-order valence-electron chi connectivity index (χ1n) is 9.12. The Balaban J connectivity index is 1.75. The summed E-state index contributed by atoms with van der Waals surface area (Å²) in [7, 11) is 0. The quantitative estimate of drug-likeness (QED) is 0.674. The Hall–Kier alpha value is -3.80. The van der Waals surface area contributed by atoms with E-state index in [1.807, 2.05) is 19.1 Å². The Kier molecular flexibility index (Phi) is 4.91. The van der Waals surface area contributed by atoms with E-state index in [0.717, 1.165) is 11.1 Å². The number of nitrogens with one attached hydrogen (secondary N) is 1. The van der Waals surface area contributed by atoms with Crippen LogP contribution in [-0.2, 0) is 16.1 Å². The van der Waals surface area contributed by atoms with E-state index in [-0.39, 0.29) is 17.8 Å². The predicted molar refractivity (Wildman–Crippen MR) is 108 cm³/mol. The number of hydrogen-bond donors (Lipinski definition) is 1. The molecule has 5 nitrogen and oxygen atoms in total. The van der Waals surface area contributed by atoms with E-state index in [1.54, 1.807) is 48.8 Å². The zero-order valence-corrected chi connectivity index (χ0v) is 15.7. The number of imide groups is 1. The van der Waals surface area contributed by atoms with E-state index in [4.69, 9.17) is 0 Å². The van der Waals surface area contributed by atoms with Crippen molar-refractivity contribution in [2.45, 2.75) is 13.5 Å². The molecule has 0 saturated carbocycles. The molecule has 0 fully saturated rings. The van der Waals surface area contributed by atoms with E-state index >= 15 is 0 Å². The van der Waals surface area contributed by atoms with Gasteiger partial charge in [-0.05, 0) is 48.4 Å². The highest BCUT2D eigenvalue weighted by Crippen LogP contribution is 2.31. The fraction of sp³-hybridized carbons (Fsp3) is 0.0870. The molecular weight excluding hydrogens is 369 g/mol. The average molecular weight is 387 g/mol. The first-order valence-corrected chi connectivity index (χ1v) is 9.12. The molecule has 0 saturated heterocycles. The van der Waals surface area contributed by atoms with Crippen LogP contribution in [0.4, 0.5) is 10.1 Å². The molecule has 1 aliphatic heterocycles. The molecule has 1 aliphatic rings. The summed E-state index contributed by atoms with van der Waals surface area (Å²) in [6.07, 6.45) is 3.22. The van der Waals surface area contributed by atoms with Crippen molar-refractivity contribution in [3.05, 3.63) is 101 Å². The molecule has 2 aromatic carbocycles. The van der Waals surface area contributed by atoms with Gasteiger partial charge in [0.1, 0.15) is 11.5 Å². The predicted octanol–water partition coefficient (Wildman–Crippen LogP) is 3.92. The minimum Gasteiger partial charge on any atom is -0.350 e. The summed E-state index contributed by atoms with van der Waals surface area (Å²) in [5.74, 6) is -1.28.